The smallest absolute Gasteiger partial charge is 0.0718 e. The van der Waals surface area contributed by atoms with Crippen LogP contribution in [-0.2, 0) is 6.54 Å². The van der Waals surface area contributed by atoms with Crippen LogP contribution in [0.4, 0.5) is 5.69 Å². The molecule has 3 N–H and O–H groups in total. The first-order chi connectivity index (χ1) is 10.2. The molecule has 0 amide bonds. The molecule has 0 aliphatic heterocycles. The van der Waals surface area contributed by atoms with E-state index >= 15 is 0 Å². The summed E-state index contributed by atoms with van der Waals surface area (Å²) >= 11 is 1.78. The molecule has 0 fully saturated rings. The summed E-state index contributed by atoms with van der Waals surface area (Å²) in [6.07, 6.45) is 1.79. The molecule has 2 rings (SSSR count). The molecule has 0 aliphatic carbocycles. The van der Waals surface area contributed by atoms with Gasteiger partial charge in [0, 0.05) is 23.2 Å². The Morgan fingerprint density at radius 1 is 1.29 bits per heavy atom. The second kappa shape index (κ2) is 7.71. The molecule has 0 saturated carbocycles. The Hall–Kier alpha value is -1.98. The van der Waals surface area contributed by atoms with Crippen molar-refractivity contribution in [2.75, 3.05) is 10.1 Å². The third-order valence-electron chi connectivity index (χ3n) is 2.98. The summed E-state index contributed by atoms with van der Waals surface area (Å²) in [5, 5.41) is 0. The first-order valence-corrected chi connectivity index (χ1v) is 7.75. The first kappa shape index (κ1) is 15.4. The van der Waals surface area contributed by atoms with E-state index in [2.05, 4.69) is 40.4 Å². The van der Waals surface area contributed by atoms with Crippen LogP contribution in [0.5, 0.6) is 0 Å². The Labute approximate surface area is 130 Å². The molecular formula is C16H20N4S. The number of para-hydroxylation sites is 1. The molecule has 0 radical (unpaired) electrons. The zero-order chi connectivity index (χ0) is 15.1. The Bertz CT molecular complexity index is 569. The van der Waals surface area contributed by atoms with Crippen molar-refractivity contribution in [3.63, 3.8) is 0 Å². The lowest BCUT2D eigenvalue weighted by Crippen LogP contribution is -2.19. The lowest BCUT2D eigenvalue weighted by atomic mass is 10.2. The largest absolute Gasteiger partial charge is 0.324 e. The van der Waals surface area contributed by atoms with Gasteiger partial charge in [-0.2, -0.15) is 0 Å². The average molecular weight is 300 g/mol. The van der Waals surface area contributed by atoms with E-state index in [0.29, 0.717) is 5.70 Å². The molecule has 1 heterocycles. The van der Waals surface area contributed by atoms with Gasteiger partial charge in [-0.05, 0) is 36.2 Å². The van der Waals surface area contributed by atoms with Gasteiger partial charge in [-0.25, -0.2) is 0 Å². The Morgan fingerprint density at radius 2 is 2.05 bits per heavy atom. The summed E-state index contributed by atoms with van der Waals surface area (Å²) in [4.78, 5) is 4.48. The number of nitrogens with zero attached hydrogens (tertiary/aromatic N) is 2. The number of rotatable bonds is 7. The normalized spacial score (nSPS) is 10.2. The number of pyridine rings is 1. The van der Waals surface area contributed by atoms with E-state index in [1.165, 1.54) is 5.69 Å². The van der Waals surface area contributed by atoms with Gasteiger partial charge in [-0.3, -0.25) is 10.8 Å². The van der Waals surface area contributed by atoms with Crippen LogP contribution in [0, 0.1) is 0 Å². The molecule has 5 heteroatoms. The van der Waals surface area contributed by atoms with Gasteiger partial charge < -0.3 is 9.73 Å². The van der Waals surface area contributed by atoms with Crippen molar-refractivity contribution in [3.05, 3.63) is 66.5 Å². The quantitative estimate of drug-likeness (QED) is 0.467. The fourth-order valence-electron chi connectivity index (χ4n) is 1.89. The fourth-order valence-corrected chi connectivity index (χ4v) is 2.69. The van der Waals surface area contributed by atoms with E-state index in [9.17, 15) is 0 Å². The molecule has 1 aromatic heterocycles. The lowest BCUT2D eigenvalue weighted by molar-refractivity contribution is 0.966. The molecule has 1 aromatic carbocycles. The SMILES string of the molecule is C=C(NN)c1ccc(CN(SCC)c2ccccc2)nc1. The highest BCUT2D eigenvalue weighted by Crippen LogP contribution is 2.24. The van der Waals surface area contributed by atoms with Crippen molar-refractivity contribution in [1.82, 2.24) is 10.4 Å². The zero-order valence-corrected chi connectivity index (χ0v) is 12.9. The Morgan fingerprint density at radius 3 is 2.62 bits per heavy atom. The van der Waals surface area contributed by atoms with E-state index in [1.807, 2.05) is 30.3 Å². The Balaban J connectivity index is 2.12. The van der Waals surface area contributed by atoms with Crippen molar-refractivity contribution in [1.29, 1.82) is 0 Å². The van der Waals surface area contributed by atoms with Crippen molar-refractivity contribution < 1.29 is 0 Å². The summed E-state index contributed by atoms with van der Waals surface area (Å²) in [7, 11) is 0. The van der Waals surface area contributed by atoms with Crippen LogP contribution < -0.4 is 15.6 Å². The van der Waals surface area contributed by atoms with E-state index in [0.717, 1.165) is 23.6 Å². The summed E-state index contributed by atoms with van der Waals surface area (Å²) in [5.41, 5.74) is 6.29. The van der Waals surface area contributed by atoms with Crippen LogP contribution in [-0.4, -0.2) is 10.7 Å². The van der Waals surface area contributed by atoms with Gasteiger partial charge in [0.15, 0.2) is 0 Å². The molecule has 2 aromatic rings. The number of benzene rings is 1. The molecule has 21 heavy (non-hydrogen) atoms. The van der Waals surface area contributed by atoms with Crippen LogP contribution in [0.15, 0.2) is 55.2 Å². The van der Waals surface area contributed by atoms with E-state index in [1.54, 1.807) is 18.1 Å². The number of aromatic nitrogens is 1. The predicted octanol–water partition coefficient (Wildman–Crippen LogP) is 3.19. The number of nitrogens with one attached hydrogen (secondary N) is 1. The van der Waals surface area contributed by atoms with Crippen LogP contribution in [0.2, 0.25) is 0 Å². The molecule has 0 saturated heterocycles. The maximum Gasteiger partial charge on any atom is 0.0718 e. The minimum absolute atomic E-state index is 0.664. The van der Waals surface area contributed by atoms with Gasteiger partial charge in [0.1, 0.15) is 0 Å². The number of hydrazine groups is 1. The first-order valence-electron chi connectivity index (χ1n) is 6.81. The second-order valence-corrected chi connectivity index (χ2v) is 5.73. The van der Waals surface area contributed by atoms with Crippen molar-refractivity contribution in [2.45, 2.75) is 13.5 Å². The van der Waals surface area contributed by atoms with Gasteiger partial charge in [-0.1, -0.05) is 31.7 Å². The lowest BCUT2D eigenvalue weighted by Gasteiger charge is -2.22. The fraction of sp³-hybridized carbons (Fsp3) is 0.188. The standard InChI is InChI=1S/C16H20N4S/c1-3-21-20(16-7-5-4-6-8-16)12-15-10-9-14(11-18-15)13(2)19-17/h4-11,19H,2-3,12,17H2,1H3. The summed E-state index contributed by atoms with van der Waals surface area (Å²) < 4.78 is 2.25. The summed E-state index contributed by atoms with van der Waals surface area (Å²) in [6, 6.07) is 14.3. The number of nitrogens with two attached hydrogens (primary N) is 1. The molecule has 0 spiro atoms. The van der Waals surface area contributed by atoms with Crippen LogP contribution in [0.3, 0.4) is 0 Å². The van der Waals surface area contributed by atoms with Gasteiger partial charge in [-0.15, -0.1) is 0 Å². The monoisotopic (exact) mass is 300 g/mol. The molecule has 0 atom stereocenters. The highest BCUT2D eigenvalue weighted by molar-refractivity contribution is 8.00. The highest BCUT2D eigenvalue weighted by Gasteiger charge is 2.08. The number of hydrogen-bond acceptors (Lipinski definition) is 5. The summed E-state index contributed by atoms with van der Waals surface area (Å²) in [5.74, 6) is 6.36. The predicted molar refractivity (Wildman–Crippen MR) is 91.4 cm³/mol. The second-order valence-electron chi connectivity index (χ2n) is 4.45. The third-order valence-corrected chi connectivity index (χ3v) is 3.89. The maximum atomic E-state index is 5.35. The van der Waals surface area contributed by atoms with Crippen LogP contribution in [0.25, 0.3) is 5.70 Å². The van der Waals surface area contributed by atoms with Crippen molar-refractivity contribution >= 4 is 23.3 Å². The molecular weight excluding hydrogens is 280 g/mol. The Kier molecular flexibility index (Phi) is 5.66. The topological polar surface area (TPSA) is 54.2 Å². The minimum Gasteiger partial charge on any atom is -0.324 e. The number of anilines is 1. The van der Waals surface area contributed by atoms with E-state index in [4.69, 9.17) is 5.84 Å². The van der Waals surface area contributed by atoms with E-state index < -0.39 is 0 Å². The van der Waals surface area contributed by atoms with Gasteiger partial charge >= 0.3 is 0 Å². The van der Waals surface area contributed by atoms with Gasteiger partial charge in [0.2, 0.25) is 0 Å². The van der Waals surface area contributed by atoms with Crippen molar-refractivity contribution in [3.8, 4) is 0 Å². The molecule has 0 unspecified atom stereocenters. The van der Waals surface area contributed by atoms with Gasteiger partial charge in [0.25, 0.3) is 0 Å². The molecule has 4 nitrogen and oxygen atoms in total. The van der Waals surface area contributed by atoms with Crippen LogP contribution >= 0.6 is 11.9 Å². The third kappa shape index (κ3) is 4.24. The zero-order valence-electron chi connectivity index (χ0n) is 12.1. The van der Waals surface area contributed by atoms with E-state index in [-0.39, 0.29) is 0 Å². The minimum atomic E-state index is 0.664. The van der Waals surface area contributed by atoms with Crippen LogP contribution in [0.1, 0.15) is 18.2 Å². The molecule has 110 valence electrons. The molecule has 0 bridgehead atoms. The molecule has 0 aliphatic rings. The summed E-state index contributed by atoms with van der Waals surface area (Å²) in [6.45, 7) is 6.72. The highest BCUT2D eigenvalue weighted by atomic mass is 32.2. The number of hydrogen-bond donors (Lipinski definition) is 2. The maximum absolute atomic E-state index is 5.35. The van der Waals surface area contributed by atoms with Crippen molar-refractivity contribution in [2.24, 2.45) is 5.84 Å². The van der Waals surface area contributed by atoms with Gasteiger partial charge in [0.05, 0.1) is 17.9 Å². The average Bonchev–Trinajstić information content (AvgIpc) is 2.55.